The molecule has 0 saturated heterocycles. The van der Waals surface area contributed by atoms with Crippen molar-refractivity contribution in [3.63, 3.8) is 0 Å². The lowest BCUT2D eigenvalue weighted by Gasteiger charge is -2.02. The van der Waals surface area contributed by atoms with Crippen LogP contribution < -0.4 is 5.32 Å². The molecule has 1 N–H and O–H groups in total. The van der Waals surface area contributed by atoms with E-state index >= 15 is 0 Å². The molecule has 3 rings (SSSR count). The molecule has 0 atom stereocenters. The first-order chi connectivity index (χ1) is 10.2. The number of rotatable bonds is 5. The van der Waals surface area contributed by atoms with Gasteiger partial charge in [-0.05, 0) is 31.5 Å². The monoisotopic (exact) mass is 282 g/mol. The molecule has 4 heteroatoms. The molecule has 2 aromatic heterocycles. The Balaban J connectivity index is 1.65. The third kappa shape index (κ3) is 3.23. The number of aryl methyl sites for hydroxylation is 2. The summed E-state index contributed by atoms with van der Waals surface area (Å²) in [6.45, 7) is 5.49. The van der Waals surface area contributed by atoms with Crippen molar-refractivity contribution in [2.45, 2.75) is 26.9 Å². The first-order valence-corrected chi connectivity index (χ1v) is 6.99. The summed E-state index contributed by atoms with van der Waals surface area (Å²) in [6, 6.07) is 12.1. The lowest BCUT2D eigenvalue weighted by molar-refractivity contribution is 0.417. The summed E-state index contributed by atoms with van der Waals surface area (Å²) in [6.07, 6.45) is 1.67. The Morgan fingerprint density at radius 3 is 2.76 bits per heavy atom. The highest BCUT2D eigenvalue weighted by atomic mass is 16.5. The van der Waals surface area contributed by atoms with Crippen molar-refractivity contribution in [1.29, 1.82) is 0 Å². The van der Waals surface area contributed by atoms with Crippen LogP contribution in [0.5, 0.6) is 0 Å². The zero-order chi connectivity index (χ0) is 14.7. The normalized spacial score (nSPS) is 11.0. The molecule has 2 heterocycles. The van der Waals surface area contributed by atoms with Gasteiger partial charge in [0.2, 0.25) is 0 Å². The van der Waals surface area contributed by atoms with Crippen molar-refractivity contribution in [2.75, 3.05) is 0 Å². The van der Waals surface area contributed by atoms with Crippen LogP contribution in [-0.4, -0.2) is 5.16 Å². The number of hydrogen-bond donors (Lipinski definition) is 1. The van der Waals surface area contributed by atoms with Crippen molar-refractivity contribution in [3.8, 4) is 11.3 Å². The Labute approximate surface area is 123 Å². The Hall–Kier alpha value is -2.33. The SMILES string of the molecule is Cc1ccc(-c2cc(CNCc3ccco3)no2)c(C)c1. The highest BCUT2D eigenvalue weighted by Crippen LogP contribution is 2.24. The molecule has 0 aliphatic rings. The molecular formula is C17H18N2O2. The number of hydrogen-bond acceptors (Lipinski definition) is 4. The molecular weight excluding hydrogens is 264 g/mol. The Bertz CT molecular complexity index is 714. The first kappa shape index (κ1) is 13.6. The van der Waals surface area contributed by atoms with Gasteiger partial charge in [0, 0.05) is 18.2 Å². The van der Waals surface area contributed by atoms with Crippen molar-refractivity contribution in [3.05, 3.63) is 65.2 Å². The Morgan fingerprint density at radius 1 is 1.10 bits per heavy atom. The van der Waals surface area contributed by atoms with E-state index in [-0.39, 0.29) is 0 Å². The van der Waals surface area contributed by atoms with Crippen LogP contribution in [0.4, 0.5) is 0 Å². The van der Waals surface area contributed by atoms with Crippen LogP contribution in [-0.2, 0) is 13.1 Å². The summed E-state index contributed by atoms with van der Waals surface area (Å²) in [4.78, 5) is 0. The number of nitrogens with zero attached hydrogens (tertiary/aromatic N) is 1. The Morgan fingerprint density at radius 2 is 2.00 bits per heavy atom. The van der Waals surface area contributed by atoms with E-state index in [2.05, 4.69) is 42.5 Å². The van der Waals surface area contributed by atoms with Crippen molar-refractivity contribution in [1.82, 2.24) is 10.5 Å². The molecule has 4 nitrogen and oxygen atoms in total. The molecule has 0 spiro atoms. The molecule has 3 aromatic rings. The van der Waals surface area contributed by atoms with Gasteiger partial charge in [0.1, 0.15) is 5.76 Å². The minimum absolute atomic E-state index is 0.648. The third-order valence-corrected chi connectivity index (χ3v) is 3.39. The van der Waals surface area contributed by atoms with E-state index in [1.54, 1.807) is 6.26 Å². The van der Waals surface area contributed by atoms with E-state index in [4.69, 9.17) is 8.94 Å². The van der Waals surface area contributed by atoms with Gasteiger partial charge in [-0.1, -0.05) is 28.9 Å². The summed E-state index contributed by atoms with van der Waals surface area (Å²) in [5.74, 6) is 1.72. The highest BCUT2D eigenvalue weighted by Gasteiger charge is 2.09. The quantitative estimate of drug-likeness (QED) is 0.772. The minimum atomic E-state index is 0.648. The zero-order valence-electron chi connectivity index (χ0n) is 12.2. The van der Waals surface area contributed by atoms with Crippen LogP contribution >= 0.6 is 0 Å². The number of nitrogens with one attached hydrogen (secondary N) is 1. The molecule has 21 heavy (non-hydrogen) atoms. The van der Waals surface area contributed by atoms with Crippen LogP contribution in [0.15, 0.2) is 51.6 Å². The molecule has 0 aliphatic carbocycles. The fraction of sp³-hybridized carbons (Fsp3) is 0.235. The zero-order valence-corrected chi connectivity index (χ0v) is 12.2. The van der Waals surface area contributed by atoms with Gasteiger partial charge in [-0.3, -0.25) is 0 Å². The van der Waals surface area contributed by atoms with Gasteiger partial charge in [0.05, 0.1) is 18.5 Å². The third-order valence-electron chi connectivity index (χ3n) is 3.39. The largest absolute Gasteiger partial charge is 0.468 e. The van der Waals surface area contributed by atoms with Crippen LogP contribution in [0.1, 0.15) is 22.6 Å². The van der Waals surface area contributed by atoms with Crippen LogP contribution in [0, 0.1) is 13.8 Å². The molecule has 0 unspecified atom stereocenters. The topological polar surface area (TPSA) is 51.2 Å². The molecule has 0 fully saturated rings. The molecule has 1 aromatic carbocycles. The number of furan rings is 1. The van der Waals surface area contributed by atoms with Crippen LogP contribution in [0.2, 0.25) is 0 Å². The minimum Gasteiger partial charge on any atom is -0.468 e. The molecule has 0 amide bonds. The predicted molar refractivity (Wildman–Crippen MR) is 80.7 cm³/mol. The summed E-state index contributed by atoms with van der Waals surface area (Å²) in [7, 11) is 0. The second-order valence-corrected chi connectivity index (χ2v) is 5.18. The van der Waals surface area contributed by atoms with E-state index in [1.807, 2.05) is 18.2 Å². The Kier molecular flexibility index (Phi) is 3.88. The molecule has 0 aliphatic heterocycles. The van der Waals surface area contributed by atoms with Crippen molar-refractivity contribution >= 4 is 0 Å². The second-order valence-electron chi connectivity index (χ2n) is 5.18. The smallest absolute Gasteiger partial charge is 0.167 e. The maximum absolute atomic E-state index is 5.45. The molecule has 0 bridgehead atoms. The standard InChI is InChI=1S/C17H18N2O2/c1-12-5-6-16(13(2)8-12)17-9-14(19-21-17)10-18-11-15-4-3-7-20-15/h3-9,18H,10-11H2,1-2H3. The molecule has 0 saturated carbocycles. The lowest BCUT2D eigenvalue weighted by atomic mass is 10.0. The van der Waals surface area contributed by atoms with Gasteiger partial charge in [0.25, 0.3) is 0 Å². The van der Waals surface area contributed by atoms with Crippen molar-refractivity contribution < 1.29 is 8.94 Å². The van der Waals surface area contributed by atoms with Crippen LogP contribution in [0.25, 0.3) is 11.3 Å². The fourth-order valence-electron chi connectivity index (χ4n) is 2.34. The van der Waals surface area contributed by atoms with E-state index in [1.165, 1.54) is 11.1 Å². The lowest BCUT2D eigenvalue weighted by Crippen LogP contribution is -2.12. The summed E-state index contributed by atoms with van der Waals surface area (Å²) < 4.78 is 10.7. The summed E-state index contributed by atoms with van der Waals surface area (Å²) in [5, 5.41) is 7.38. The molecule has 108 valence electrons. The van der Waals surface area contributed by atoms with E-state index in [9.17, 15) is 0 Å². The van der Waals surface area contributed by atoms with E-state index < -0.39 is 0 Å². The van der Waals surface area contributed by atoms with Gasteiger partial charge < -0.3 is 14.3 Å². The van der Waals surface area contributed by atoms with Gasteiger partial charge in [0.15, 0.2) is 5.76 Å². The maximum atomic E-state index is 5.45. The summed E-state index contributed by atoms with van der Waals surface area (Å²) in [5.41, 5.74) is 4.42. The number of aromatic nitrogens is 1. The van der Waals surface area contributed by atoms with E-state index in [0.717, 1.165) is 22.8 Å². The highest BCUT2D eigenvalue weighted by molar-refractivity contribution is 5.62. The maximum Gasteiger partial charge on any atom is 0.167 e. The second kappa shape index (κ2) is 5.97. The van der Waals surface area contributed by atoms with Gasteiger partial charge >= 0.3 is 0 Å². The van der Waals surface area contributed by atoms with Gasteiger partial charge in [-0.2, -0.15) is 0 Å². The fourth-order valence-corrected chi connectivity index (χ4v) is 2.34. The van der Waals surface area contributed by atoms with Gasteiger partial charge in [-0.15, -0.1) is 0 Å². The molecule has 0 radical (unpaired) electrons. The average molecular weight is 282 g/mol. The predicted octanol–water partition coefficient (Wildman–Crippen LogP) is 3.84. The first-order valence-electron chi connectivity index (χ1n) is 6.99. The van der Waals surface area contributed by atoms with E-state index in [0.29, 0.717) is 13.1 Å². The van der Waals surface area contributed by atoms with Gasteiger partial charge in [-0.25, -0.2) is 0 Å². The van der Waals surface area contributed by atoms with Crippen LogP contribution in [0.3, 0.4) is 0 Å². The van der Waals surface area contributed by atoms with Crippen molar-refractivity contribution in [2.24, 2.45) is 0 Å². The number of benzene rings is 1. The summed E-state index contributed by atoms with van der Waals surface area (Å²) >= 11 is 0. The average Bonchev–Trinajstić information content (AvgIpc) is 3.10.